The molecular weight excluding hydrogens is 316 g/mol. The van der Waals surface area contributed by atoms with Crippen LogP contribution in [-0.4, -0.2) is 53.9 Å². The number of hydrogen-bond donors (Lipinski definition) is 0. The van der Waals surface area contributed by atoms with Crippen LogP contribution in [0.3, 0.4) is 0 Å². The van der Waals surface area contributed by atoms with E-state index in [4.69, 9.17) is 4.74 Å². The topological polar surface area (TPSA) is 49.9 Å². The first-order chi connectivity index (χ1) is 12.1. The second-order valence-corrected chi connectivity index (χ2v) is 6.93. The maximum Gasteiger partial charge on any atom is 0.254 e. The van der Waals surface area contributed by atoms with E-state index in [1.165, 1.54) is 0 Å². The quantitative estimate of drug-likeness (QED) is 0.791. The minimum absolute atomic E-state index is 0.00884. The van der Waals surface area contributed by atoms with Crippen molar-refractivity contribution in [3.8, 4) is 5.75 Å². The molecule has 2 saturated heterocycles. The van der Waals surface area contributed by atoms with Gasteiger partial charge in [-0.15, -0.1) is 6.58 Å². The molecule has 2 amide bonds. The highest BCUT2D eigenvalue weighted by Crippen LogP contribution is 2.37. The second kappa shape index (κ2) is 7.30. The third kappa shape index (κ3) is 3.41. The van der Waals surface area contributed by atoms with E-state index in [1.807, 2.05) is 28.0 Å². The Kier molecular flexibility index (Phi) is 5.11. The average Bonchev–Trinajstić information content (AvgIpc) is 2.64. The van der Waals surface area contributed by atoms with Crippen molar-refractivity contribution < 1.29 is 14.3 Å². The van der Waals surface area contributed by atoms with E-state index in [-0.39, 0.29) is 17.4 Å². The average molecular weight is 342 g/mol. The van der Waals surface area contributed by atoms with Crippen LogP contribution in [0.15, 0.2) is 36.9 Å². The summed E-state index contributed by atoms with van der Waals surface area (Å²) in [6.45, 7) is 5.69. The maximum atomic E-state index is 13.0. The minimum Gasteiger partial charge on any atom is -0.497 e. The van der Waals surface area contributed by atoms with Gasteiger partial charge in [0.15, 0.2) is 0 Å². The van der Waals surface area contributed by atoms with Crippen molar-refractivity contribution in [3.63, 3.8) is 0 Å². The normalized spacial score (nSPS) is 23.6. The Morgan fingerprint density at radius 2 is 2.16 bits per heavy atom. The maximum absolute atomic E-state index is 13.0. The molecule has 0 saturated carbocycles. The standard InChI is InChI=1S/C20H26N2O3/c1-3-12-22-18(23)9-5-10-20(22)11-6-13-21(15-20)19(24)16-7-4-8-17(14-16)25-2/h3-4,7-8,14H,1,5-6,9-13,15H2,2H3/t20-/m1/s1. The summed E-state index contributed by atoms with van der Waals surface area (Å²) >= 11 is 0. The molecule has 1 aromatic carbocycles. The Morgan fingerprint density at radius 1 is 1.36 bits per heavy atom. The molecule has 25 heavy (non-hydrogen) atoms. The number of benzene rings is 1. The molecule has 2 aliphatic heterocycles. The molecule has 1 aromatic rings. The summed E-state index contributed by atoms with van der Waals surface area (Å²) in [5.41, 5.74) is 0.393. The van der Waals surface area contributed by atoms with Crippen molar-refractivity contribution in [1.82, 2.24) is 9.80 Å². The molecule has 5 heteroatoms. The van der Waals surface area contributed by atoms with Gasteiger partial charge in [0.1, 0.15) is 5.75 Å². The molecule has 0 N–H and O–H groups in total. The number of likely N-dealkylation sites (tertiary alicyclic amines) is 2. The van der Waals surface area contributed by atoms with Gasteiger partial charge in [0, 0.05) is 31.6 Å². The number of rotatable bonds is 4. The van der Waals surface area contributed by atoms with Gasteiger partial charge in [0.2, 0.25) is 5.91 Å². The monoisotopic (exact) mass is 342 g/mol. The summed E-state index contributed by atoms with van der Waals surface area (Å²) < 4.78 is 5.23. The fourth-order valence-corrected chi connectivity index (χ4v) is 4.18. The van der Waals surface area contributed by atoms with Crippen LogP contribution in [0, 0.1) is 0 Å². The third-order valence-electron chi connectivity index (χ3n) is 5.38. The summed E-state index contributed by atoms with van der Waals surface area (Å²) in [5, 5.41) is 0. The molecule has 0 aliphatic carbocycles. The highest BCUT2D eigenvalue weighted by Gasteiger charge is 2.45. The van der Waals surface area contributed by atoms with Crippen LogP contribution in [-0.2, 0) is 4.79 Å². The van der Waals surface area contributed by atoms with Gasteiger partial charge in [-0.3, -0.25) is 9.59 Å². The summed E-state index contributed by atoms with van der Waals surface area (Å²) in [5.74, 6) is 0.870. The lowest BCUT2D eigenvalue weighted by atomic mass is 9.79. The van der Waals surface area contributed by atoms with Crippen LogP contribution < -0.4 is 4.74 Å². The zero-order chi connectivity index (χ0) is 17.9. The molecule has 1 atom stereocenters. The Balaban J connectivity index is 1.83. The predicted octanol–water partition coefficient (Wildman–Crippen LogP) is 2.87. The molecule has 0 radical (unpaired) electrons. The SMILES string of the molecule is C=CCN1C(=O)CCC[C@]12CCCN(C(=O)c1cccc(OC)c1)C2. The van der Waals surface area contributed by atoms with E-state index in [1.54, 1.807) is 19.3 Å². The van der Waals surface area contributed by atoms with Crippen molar-refractivity contribution in [2.75, 3.05) is 26.7 Å². The molecule has 0 unspecified atom stereocenters. The number of carbonyl (C=O) groups excluding carboxylic acids is 2. The molecule has 2 heterocycles. The Morgan fingerprint density at radius 3 is 2.92 bits per heavy atom. The van der Waals surface area contributed by atoms with Crippen molar-refractivity contribution in [3.05, 3.63) is 42.5 Å². The number of nitrogens with zero attached hydrogens (tertiary/aromatic N) is 2. The van der Waals surface area contributed by atoms with Crippen LogP contribution in [0.25, 0.3) is 0 Å². The van der Waals surface area contributed by atoms with Crippen LogP contribution in [0.1, 0.15) is 42.5 Å². The number of carbonyl (C=O) groups is 2. The first-order valence-electron chi connectivity index (χ1n) is 8.94. The van der Waals surface area contributed by atoms with Gasteiger partial charge in [-0.1, -0.05) is 12.1 Å². The molecule has 134 valence electrons. The highest BCUT2D eigenvalue weighted by molar-refractivity contribution is 5.94. The molecule has 2 aliphatic rings. The second-order valence-electron chi connectivity index (χ2n) is 6.93. The van der Waals surface area contributed by atoms with Crippen molar-refractivity contribution in [2.45, 2.75) is 37.6 Å². The number of amides is 2. The smallest absolute Gasteiger partial charge is 0.254 e. The van der Waals surface area contributed by atoms with E-state index in [0.717, 1.165) is 32.2 Å². The lowest BCUT2D eigenvalue weighted by Gasteiger charge is -2.52. The predicted molar refractivity (Wildman–Crippen MR) is 96.6 cm³/mol. The molecule has 0 aromatic heterocycles. The third-order valence-corrected chi connectivity index (χ3v) is 5.38. The molecule has 1 spiro atoms. The Labute approximate surface area is 149 Å². The van der Waals surface area contributed by atoms with Crippen LogP contribution >= 0.6 is 0 Å². The van der Waals surface area contributed by atoms with Crippen LogP contribution in [0.4, 0.5) is 0 Å². The summed E-state index contributed by atoms with van der Waals surface area (Å²) in [4.78, 5) is 29.3. The first kappa shape index (κ1) is 17.5. The summed E-state index contributed by atoms with van der Waals surface area (Å²) in [6.07, 6.45) is 6.10. The lowest BCUT2D eigenvalue weighted by Crippen LogP contribution is -2.63. The fourth-order valence-electron chi connectivity index (χ4n) is 4.18. The van der Waals surface area contributed by atoms with Crippen molar-refractivity contribution >= 4 is 11.8 Å². The lowest BCUT2D eigenvalue weighted by molar-refractivity contribution is -0.143. The van der Waals surface area contributed by atoms with Crippen molar-refractivity contribution in [1.29, 1.82) is 0 Å². The molecule has 3 rings (SSSR count). The Bertz CT molecular complexity index is 669. The highest BCUT2D eigenvalue weighted by atomic mass is 16.5. The van der Waals surface area contributed by atoms with E-state index in [2.05, 4.69) is 6.58 Å². The van der Waals surface area contributed by atoms with Crippen LogP contribution in [0.2, 0.25) is 0 Å². The number of piperidine rings is 2. The molecule has 0 bridgehead atoms. The van der Waals surface area contributed by atoms with E-state index >= 15 is 0 Å². The number of ether oxygens (including phenoxy) is 1. The van der Waals surface area contributed by atoms with Crippen molar-refractivity contribution in [2.24, 2.45) is 0 Å². The van der Waals surface area contributed by atoms with E-state index in [9.17, 15) is 9.59 Å². The van der Waals surface area contributed by atoms with Gasteiger partial charge in [-0.05, 0) is 43.9 Å². The Hall–Kier alpha value is -2.30. The van der Waals surface area contributed by atoms with Gasteiger partial charge in [-0.2, -0.15) is 0 Å². The molecule has 5 nitrogen and oxygen atoms in total. The van der Waals surface area contributed by atoms with Gasteiger partial charge in [-0.25, -0.2) is 0 Å². The molecule has 2 fully saturated rings. The fraction of sp³-hybridized carbons (Fsp3) is 0.500. The van der Waals surface area contributed by atoms with E-state index < -0.39 is 0 Å². The first-order valence-corrected chi connectivity index (χ1v) is 8.94. The zero-order valence-electron chi connectivity index (χ0n) is 14.9. The van der Waals surface area contributed by atoms with Gasteiger partial charge >= 0.3 is 0 Å². The van der Waals surface area contributed by atoms with Crippen LogP contribution in [0.5, 0.6) is 5.75 Å². The zero-order valence-corrected chi connectivity index (χ0v) is 14.9. The van der Waals surface area contributed by atoms with Gasteiger partial charge in [0.05, 0.1) is 12.6 Å². The largest absolute Gasteiger partial charge is 0.497 e. The molecular formula is C20H26N2O3. The summed E-state index contributed by atoms with van der Waals surface area (Å²) in [6, 6.07) is 7.26. The minimum atomic E-state index is -0.240. The number of methoxy groups -OCH3 is 1. The van der Waals surface area contributed by atoms with Gasteiger partial charge < -0.3 is 14.5 Å². The van der Waals surface area contributed by atoms with Gasteiger partial charge in [0.25, 0.3) is 5.91 Å². The number of hydrogen-bond acceptors (Lipinski definition) is 3. The summed E-state index contributed by atoms with van der Waals surface area (Å²) in [7, 11) is 1.60. The van der Waals surface area contributed by atoms with E-state index in [0.29, 0.717) is 30.8 Å².